The highest BCUT2D eigenvalue weighted by atomic mass is 35.5. The molecule has 1 amide bonds. The number of carbonyl (C=O) groups excluding carboxylic acids is 3. The number of carbonyl (C=O) groups is 3. The maximum atomic E-state index is 13.5. The molecule has 3 aromatic rings. The van der Waals surface area contributed by atoms with E-state index in [9.17, 15) is 14.4 Å². The highest BCUT2D eigenvalue weighted by molar-refractivity contribution is 6.34. The number of unbranched alkanes of at least 4 members (excludes halogenated alkanes) is 2. The zero-order chi connectivity index (χ0) is 28.7. The van der Waals surface area contributed by atoms with Gasteiger partial charge in [-0.3, -0.25) is 19.4 Å². The summed E-state index contributed by atoms with van der Waals surface area (Å²) in [5.74, 6) is -1.14. The van der Waals surface area contributed by atoms with Crippen LogP contribution in [0.25, 0.3) is 0 Å². The first-order chi connectivity index (χ1) is 19.3. The van der Waals surface area contributed by atoms with E-state index < -0.39 is 12.0 Å². The Kier molecular flexibility index (Phi) is 13.3. The molecule has 0 saturated carbocycles. The highest BCUT2D eigenvalue weighted by Crippen LogP contribution is 2.26. The van der Waals surface area contributed by atoms with E-state index in [-0.39, 0.29) is 36.9 Å². The zero-order valence-corrected chi connectivity index (χ0v) is 24.3. The van der Waals surface area contributed by atoms with Crippen LogP contribution in [0, 0.1) is 5.92 Å². The molecule has 8 heteroatoms. The number of nitrogens with zero attached hydrogens (tertiary/aromatic N) is 1. The third-order valence-electron chi connectivity index (χ3n) is 6.49. The number of aryl methyl sites for hydroxylation is 1. The van der Waals surface area contributed by atoms with Crippen molar-refractivity contribution in [1.82, 2.24) is 10.3 Å². The Balaban J connectivity index is 1.61. The Morgan fingerprint density at radius 3 is 2.30 bits per heavy atom. The minimum Gasteiger partial charge on any atom is -0.376 e. The number of rotatable bonds is 17. The first-order valence-corrected chi connectivity index (χ1v) is 14.3. The van der Waals surface area contributed by atoms with E-state index in [0.717, 1.165) is 36.9 Å². The number of nitrogens with one attached hydrogen (secondary N) is 1. The van der Waals surface area contributed by atoms with E-state index in [1.54, 1.807) is 24.4 Å². The van der Waals surface area contributed by atoms with Gasteiger partial charge in [0.1, 0.15) is 11.6 Å². The molecule has 0 radical (unpaired) electrons. The second kappa shape index (κ2) is 16.9. The minimum atomic E-state index is -0.700. The summed E-state index contributed by atoms with van der Waals surface area (Å²) in [7, 11) is 0. The first-order valence-electron chi connectivity index (χ1n) is 13.6. The van der Waals surface area contributed by atoms with Gasteiger partial charge in [0.15, 0.2) is 0 Å². The quantitative estimate of drug-likeness (QED) is 0.171. The van der Waals surface area contributed by atoms with Crippen molar-refractivity contribution in [3.05, 3.63) is 99.8 Å². The van der Waals surface area contributed by atoms with Gasteiger partial charge in [0.05, 0.1) is 25.2 Å². The Hall–Kier alpha value is -3.06. The van der Waals surface area contributed by atoms with Crippen molar-refractivity contribution >= 4 is 40.7 Å². The summed E-state index contributed by atoms with van der Waals surface area (Å²) in [4.78, 5) is 42.7. The second-order valence-electron chi connectivity index (χ2n) is 9.99. The number of ether oxygens (including phenoxy) is 1. The third kappa shape index (κ3) is 11.6. The van der Waals surface area contributed by atoms with Crippen molar-refractivity contribution in [2.24, 2.45) is 5.92 Å². The maximum absolute atomic E-state index is 13.5. The van der Waals surface area contributed by atoms with E-state index in [0.29, 0.717) is 28.6 Å². The number of benzene rings is 2. The van der Waals surface area contributed by atoms with E-state index in [4.69, 9.17) is 27.9 Å². The number of pyridine rings is 1. The highest BCUT2D eigenvalue weighted by Gasteiger charge is 2.26. The van der Waals surface area contributed by atoms with Gasteiger partial charge in [-0.25, -0.2) is 0 Å². The van der Waals surface area contributed by atoms with Crippen molar-refractivity contribution in [3.8, 4) is 0 Å². The Bertz CT molecular complexity index is 1220. The van der Waals surface area contributed by atoms with Crippen LogP contribution in [0.3, 0.4) is 0 Å². The molecule has 0 aliphatic carbocycles. The van der Waals surface area contributed by atoms with Gasteiger partial charge in [-0.15, -0.1) is 0 Å². The SMILES string of the molecule is CC(=O)CC(NC(=O)[C@@H](COCc1ccccc1)CC(=O)CCCCCc1ccccn1)c1cc(Cl)cc(Cl)c1. The van der Waals surface area contributed by atoms with Crippen molar-refractivity contribution in [1.29, 1.82) is 0 Å². The summed E-state index contributed by atoms with van der Waals surface area (Å²) in [6, 6.07) is 19.8. The predicted octanol–water partition coefficient (Wildman–Crippen LogP) is 7.12. The molecule has 0 aliphatic heterocycles. The molecule has 2 atom stereocenters. The summed E-state index contributed by atoms with van der Waals surface area (Å²) < 4.78 is 5.87. The van der Waals surface area contributed by atoms with Gasteiger partial charge in [-0.1, -0.05) is 66.0 Å². The van der Waals surface area contributed by atoms with Gasteiger partial charge in [0, 0.05) is 41.2 Å². The zero-order valence-electron chi connectivity index (χ0n) is 22.8. The van der Waals surface area contributed by atoms with Crippen LogP contribution in [0.5, 0.6) is 0 Å². The Labute approximate surface area is 246 Å². The van der Waals surface area contributed by atoms with Crippen LogP contribution in [0.15, 0.2) is 72.9 Å². The number of amides is 1. The van der Waals surface area contributed by atoms with Gasteiger partial charge in [-0.2, -0.15) is 0 Å². The van der Waals surface area contributed by atoms with E-state index >= 15 is 0 Å². The number of Topliss-reactive ketones (excluding diaryl/α,β-unsaturated/α-hetero) is 2. The largest absolute Gasteiger partial charge is 0.376 e. The average Bonchev–Trinajstić information content (AvgIpc) is 2.92. The maximum Gasteiger partial charge on any atom is 0.226 e. The molecule has 1 aromatic heterocycles. The molecule has 6 nitrogen and oxygen atoms in total. The van der Waals surface area contributed by atoms with Crippen molar-refractivity contribution < 1.29 is 19.1 Å². The van der Waals surface area contributed by atoms with Crippen molar-refractivity contribution in [3.63, 3.8) is 0 Å². The molecule has 1 heterocycles. The number of hydrogen-bond acceptors (Lipinski definition) is 5. The fraction of sp³-hybridized carbons (Fsp3) is 0.375. The summed E-state index contributed by atoms with van der Waals surface area (Å²) in [6.45, 7) is 1.87. The summed E-state index contributed by atoms with van der Waals surface area (Å²) in [6.07, 6.45) is 5.78. The Morgan fingerprint density at radius 1 is 0.900 bits per heavy atom. The number of halogens is 2. The Morgan fingerprint density at radius 2 is 1.62 bits per heavy atom. The molecule has 1 N–H and O–H groups in total. The smallest absolute Gasteiger partial charge is 0.226 e. The van der Waals surface area contributed by atoms with Crippen LogP contribution in [-0.4, -0.2) is 29.1 Å². The van der Waals surface area contributed by atoms with Crippen LogP contribution in [0.2, 0.25) is 10.0 Å². The van der Waals surface area contributed by atoms with Crippen LogP contribution < -0.4 is 5.32 Å². The normalized spacial score (nSPS) is 12.5. The molecule has 0 fully saturated rings. The topological polar surface area (TPSA) is 85.4 Å². The lowest BCUT2D eigenvalue weighted by atomic mass is 9.96. The van der Waals surface area contributed by atoms with Crippen molar-refractivity contribution in [2.75, 3.05) is 6.61 Å². The minimum absolute atomic E-state index is 0.00946. The molecule has 2 aromatic carbocycles. The van der Waals surface area contributed by atoms with Crippen LogP contribution >= 0.6 is 23.2 Å². The molecule has 212 valence electrons. The van der Waals surface area contributed by atoms with Crippen molar-refractivity contribution in [2.45, 2.75) is 64.5 Å². The molecule has 1 unspecified atom stereocenters. The molecular weight excluding hydrogens is 547 g/mol. The molecule has 0 aliphatic rings. The molecule has 0 bridgehead atoms. The van der Waals surface area contributed by atoms with Crippen LogP contribution in [-0.2, 0) is 32.1 Å². The third-order valence-corrected chi connectivity index (χ3v) is 6.92. The monoisotopic (exact) mass is 582 g/mol. The van der Waals surface area contributed by atoms with Gasteiger partial charge >= 0.3 is 0 Å². The van der Waals surface area contributed by atoms with E-state index in [2.05, 4.69) is 10.3 Å². The number of aromatic nitrogens is 1. The fourth-order valence-corrected chi connectivity index (χ4v) is 5.00. The summed E-state index contributed by atoms with van der Waals surface area (Å²) in [5, 5.41) is 3.77. The van der Waals surface area contributed by atoms with Gasteiger partial charge in [0.2, 0.25) is 5.91 Å². The lowest BCUT2D eigenvalue weighted by molar-refractivity contribution is -0.132. The molecule has 0 spiro atoms. The summed E-state index contributed by atoms with van der Waals surface area (Å²) in [5.41, 5.74) is 2.65. The molecule has 0 saturated heterocycles. The standard InChI is InChI=1S/C32H36Cl2N2O4/c1-23(37)16-31(25-17-27(33)20-28(34)18-25)36-32(39)26(22-40-21-24-10-4-2-5-11-24)19-30(38)14-7-3-6-12-29-13-8-9-15-35-29/h2,4-5,8-11,13,15,17-18,20,26,31H,3,6-7,12,14,16,19,21-22H2,1H3,(H,36,39)/t26-,31?/m1/s1. The number of hydrogen-bond donors (Lipinski definition) is 1. The van der Waals surface area contributed by atoms with Crippen LogP contribution in [0.4, 0.5) is 0 Å². The molecule has 40 heavy (non-hydrogen) atoms. The summed E-state index contributed by atoms with van der Waals surface area (Å²) >= 11 is 12.4. The van der Waals surface area contributed by atoms with E-state index in [1.165, 1.54) is 6.92 Å². The predicted molar refractivity (Wildman–Crippen MR) is 158 cm³/mol. The lowest BCUT2D eigenvalue weighted by Gasteiger charge is -2.23. The first kappa shape index (κ1) is 31.5. The molecular formula is C32H36Cl2N2O4. The second-order valence-corrected chi connectivity index (χ2v) is 10.9. The van der Waals surface area contributed by atoms with E-state index in [1.807, 2.05) is 48.5 Å². The van der Waals surface area contributed by atoms with Gasteiger partial charge in [-0.05, 0) is 67.6 Å². The fourth-order valence-electron chi connectivity index (χ4n) is 4.45. The molecule has 3 rings (SSSR count). The van der Waals surface area contributed by atoms with Crippen LogP contribution in [0.1, 0.15) is 68.3 Å². The lowest BCUT2D eigenvalue weighted by Crippen LogP contribution is -2.38. The van der Waals surface area contributed by atoms with Gasteiger partial charge < -0.3 is 10.1 Å². The number of ketones is 2. The average molecular weight is 584 g/mol. The van der Waals surface area contributed by atoms with Gasteiger partial charge in [0.25, 0.3) is 0 Å².